The molecule has 0 spiro atoms. The normalized spacial score (nSPS) is 14.2. The molecule has 0 amide bonds. The lowest BCUT2D eigenvalue weighted by atomic mass is 9.99. The van der Waals surface area contributed by atoms with Crippen molar-refractivity contribution in [2.45, 2.75) is 11.4 Å². The van der Waals surface area contributed by atoms with Gasteiger partial charge in [0.25, 0.3) is 0 Å². The highest BCUT2D eigenvalue weighted by molar-refractivity contribution is 7.98. The van der Waals surface area contributed by atoms with Crippen molar-refractivity contribution in [3.8, 4) is 6.07 Å². The summed E-state index contributed by atoms with van der Waals surface area (Å²) in [4.78, 5) is 10.4. The van der Waals surface area contributed by atoms with E-state index < -0.39 is 0 Å². The maximum Gasteiger partial charge on any atom is 0.223 e. The molecule has 2 aromatic rings. The van der Waals surface area contributed by atoms with Gasteiger partial charge < -0.3 is 10.6 Å². The number of hydrogen-bond donors (Lipinski definition) is 1. The Bertz CT molecular complexity index is 826. The van der Waals surface area contributed by atoms with Crippen molar-refractivity contribution >= 4 is 29.1 Å². The Morgan fingerprint density at radius 2 is 2.04 bits per heavy atom. The summed E-state index contributed by atoms with van der Waals surface area (Å²) in [5.41, 5.74) is 8.41. The van der Waals surface area contributed by atoms with Gasteiger partial charge in [-0.3, -0.25) is 0 Å². The largest absolute Gasteiger partial charge is 0.368 e. The molecule has 0 saturated carbocycles. The molecule has 0 saturated heterocycles. The molecule has 0 radical (unpaired) electrons. The van der Waals surface area contributed by atoms with Crippen LogP contribution in [-0.4, -0.2) is 29.3 Å². The second kappa shape index (κ2) is 6.89. The molecule has 1 aromatic carbocycles. The molecule has 2 heterocycles. The topological polar surface area (TPSA) is 78.8 Å². The predicted octanol–water partition coefficient (Wildman–Crippen LogP) is 3.09. The van der Waals surface area contributed by atoms with E-state index in [-0.39, 0.29) is 11.8 Å². The highest BCUT2D eigenvalue weighted by Gasteiger charge is 2.21. The molecule has 122 valence electrons. The summed E-state index contributed by atoms with van der Waals surface area (Å²) in [6, 6.07) is 8.68. The quantitative estimate of drug-likeness (QED) is 0.683. The van der Waals surface area contributed by atoms with E-state index in [0.717, 1.165) is 17.6 Å². The minimum absolute atomic E-state index is 0.168. The summed E-state index contributed by atoms with van der Waals surface area (Å²) in [7, 11) is 0. The average Bonchev–Trinajstić information content (AvgIpc) is 2.61. The third kappa shape index (κ3) is 3.19. The first kappa shape index (κ1) is 16.3. The number of thioether (sulfide) groups is 1. The SMILES string of the molecule is CSc1nc(N)nc(N2CC=C(c3ccc(F)cc3)CC2)c1C#N. The lowest BCUT2D eigenvalue weighted by Gasteiger charge is -2.28. The average molecular weight is 341 g/mol. The monoisotopic (exact) mass is 341 g/mol. The molecule has 7 heteroatoms. The number of nitriles is 1. The highest BCUT2D eigenvalue weighted by Crippen LogP contribution is 2.30. The van der Waals surface area contributed by atoms with E-state index in [2.05, 4.69) is 22.1 Å². The number of hydrogen-bond acceptors (Lipinski definition) is 6. The molecule has 0 bridgehead atoms. The molecule has 1 aromatic heterocycles. The summed E-state index contributed by atoms with van der Waals surface area (Å²) >= 11 is 1.38. The van der Waals surface area contributed by atoms with E-state index in [1.807, 2.05) is 11.2 Å². The molecule has 0 atom stereocenters. The Kier molecular flexibility index (Phi) is 4.67. The number of anilines is 2. The molecule has 1 aliphatic rings. The lowest BCUT2D eigenvalue weighted by molar-refractivity contribution is 0.627. The molecule has 0 unspecified atom stereocenters. The standard InChI is InChI=1S/C17H16FN5S/c1-24-16-14(10-19)15(21-17(20)22-16)23-8-6-12(7-9-23)11-2-4-13(18)5-3-11/h2-6H,7-9H2,1H3,(H2,20,21,22). The summed E-state index contributed by atoms with van der Waals surface area (Å²) in [6.07, 6.45) is 4.72. The number of nitrogens with two attached hydrogens (primary N) is 1. The van der Waals surface area contributed by atoms with Crippen molar-refractivity contribution < 1.29 is 4.39 Å². The second-order valence-corrected chi connectivity index (χ2v) is 6.13. The first-order valence-electron chi connectivity index (χ1n) is 7.44. The van der Waals surface area contributed by atoms with Crippen molar-refractivity contribution in [2.75, 3.05) is 30.0 Å². The van der Waals surface area contributed by atoms with E-state index >= 15 is 0 Å². The smallest absolute Gasteiger partial charge is 0.223 e. The van der Waals surface area contributed by atoms with Crippen molar-refractivity contribution in [1.82, 2.24) is 9.97 Å². The fourth-order valence-electron chi connectivity index (χ4n) is 2.71. The van der Waals surface area contributed by atoms with Crippen LogP contribution in [0.25, 0.3) is 5.57 Å². The summed E-state index contributed by atoms with van der Waals surface area (Å²) in [5.74, 6) is 0.502. The lowest BCUT2D eigenvalue weighted by Crippen LogP contribution is -2.30. The van der Waals surface area contributed by atoms with E-state index in [4.69, 9.17) is 5.73 Å². The third-order valence-electron chi connectivity index (χ3n) is 3.90. The van der Waals surface area contributed by atoms with Crippen LogP contribution >= 0.6 is 11.8 Å². The summed E-state index contributed by atoms with van der Waals surface area (Å²) < 4.78 is 13.0. The van der Waals surface area contributed by atoms with Crippen LogP contribution in [0.2, 0.25) is 0 Å². The van der Waals surface area contributed by atoms with E-state index in [1.165, 1.54) is 23.9 Å². The number of benzene rings is 1. The van der Waals surface area contributed by atoms with Crippen LogP contribution in [0.4, 0.5) is 16.2 Å². The molecule has 3 rings (SSSR count). The fourth-order valence-corrected chi connectivity index (χ4v) is 3.23. The van der Waals surface area contributed by atoms with Crippen molar-refractivity contribution in [3.05, 3.63) is 47.3 Å². The summed E-state index contributed by atoms with van der Waals surface area (Å²) in [5, 5.41) is 10.0. The molecule has 2 N–H and O–H groups in total. The number of rotatable bonds is 3. The molecule has 5 nitrogen and oxygen atoms in total. The Labute approximate surface area is 144 Å². The number of nitrogen functional groups attached to an aromatic ring is 1. The Balaban J connectivity index is 1.88. The number of aromatic nitrogens is 2. The van der Waals surface area contributed by atoms with Gasteiger partial charge in [0.2, 0.25) is 5.95 Å². The Hall–Kier alpha value is -2.59. The van der Waals surface area contributed by atoms with Gasteiger partial charge in [0.05, 0.1) is 0 Å². The van der Waals surface area contributed by atoms with Gasteiger partial charge >= 0.3 is 0 Å². The maximum absolute atomic E-state index is 13.0. The van der Waals surface area contributed by atoms with Gasteiger partial charge in [-0.1, -0.05) is 18.2 Å². The van der Waals surface area contributed by atoms with E-state index in [1.54, 1.807) is 12.1 Å². The van der Waals surface area contributed by atoms with Gasteiger partial charge in [0.1, 0.15) is 22.5 Å². The molecule has 0 aliphatic carbocycles. The molecular formula is C17H16FN5S. The van der Waals surface area contributed by atoms with Crippen LogP contribution in [0.5, 0.6) is 0 Å². The minimum atomic E-state index is -0.239. The number of halogens is 1. The zero-order valence-corrected chi connectivity index (χ0v) is 14.0. The van der Waals surface area contributed by atoms with Gasteiger partial charge in [-0.25, -0.2) is 9.37 Å². The maximum atomic E-state index is 13.0. The van der Waals surface area contributed by atoms with Crippen molar-refractivity contribution in [3.63, 3.8) is 0 Å². The van der Waals surface area contributed by atoms with Crippen LogP contribution in [0.15, 0.2) is 35.4 Å². The van der Waals surface area contributed by atoms with Crippen LogP contribution in [-0.2, 0) is 0 Å². The molecule has 0 fully saturated rings. The zero-order valence-electron chi connectivity index (χ0n) is 13.2. The number of nitrogens with zero attached hydrogens (tertiary/aromatic N) is 4. The van der Waals surface area contributed by atoms with Crippen LogP contribution in [0.3, 0.4) is 0 Å². The minimum Gasteiger partial charge on any atom is -0.368 e. The van der Waals surface area contributed by atoms with E-state index in [9.17, 15) is 9.65 Å². The van der Waals surface area contributed by atoms with Crippen LogP contribution in [0, 0.1) is 17.1 Å². The van der Waals surface area contributed by atoms with Gasteiger partial charge in [-0.2, -0.15) is 10.2 Å². The summed E-state index contributed by atoms with van der Waals surface area (Å²) in [6.45, 7) is 1.33. The Morgan fingerprint density at radius 3 is 2.62 bits per heavy atom. The molecule has 1 aliphatic heterocycles. The van der Waals surface area contributed by atoms with Crippen molar-refractivity contribution in [2.24, 2.45) is 0 Å². The third-order valence-corrected chi connectivity index (χ3v) is 4.58. The molecule has 24 heavy (non-hydrogen) atoms. The van der Waals surface area contributed by atoms with Gasteiger partial charge in [-0.15, -0.1) is 11.8 Å². The predicted molar refractivity (Wildman–Crippen MR) is 94.1 cm³/mol. The fraction of sp³-hybridized carbons (Fsp3) is 0.235. The molecular weight excluding hydrogens is 325 g/mol. The van der Waals surface area contributed by atoms with Crippen molar-refractivity contribution in [1.29, 1.82) is 5.26 Å². The highest BCUT2D eigenvalue weighted by atomic mass is 32.2. The first-order valence-corrected chi connectivity index (χ1v) is 8.66. The van der Waals surface area contributed by atoms with E-state index in [0.29, 0.717) is 29.5 Å². The van der Waals surface area contributed by atoms with Crippen LogP contribution in [0.1, 0.15) is 17.5 Å². The Morgan fingerprint density at radius 1 is 1.29 bits per heavy atom. The second-order valence-electron chi connectivity index (χ2n) is 5.33. The zero-order chi connectivity index (χ0) is 17.1. The van der Waals surface area contributed by atoms with Gasteiger partial charge in [0, 0.05) is 13.1 Å². The van der Waals surface area contributed by atoms with Crippen LogP contribution < -0.4 is 10.6 Å². The van der Waals surface area contributed by atoms with Gasteiger partial charge in [-0.05, 0) is 35.9 Å². The first-order chi connectivity index (χ1) is 11.6. The van der Waals surface area contributed by atoms with Gasteiger partial charge in [0.15, 0.2) is 5.82 Å².